The van der Waals surface area contributed by atoms with Gasteiger partial charge in [0.15, 0.2) is 5.13 Å². The molecule has 0 saturated carbocycles. The highest BCUT2D eigenvalue weighted by Gasteiger charge is 2.25. The van der Waals surface area contributed by atoms with Crippen LogP contribution < -0.4 is 10.2 Å². The molecule has 21 heavy (non-hydrogen) atoms. The van der Waals surface area contributed by atoms with Gasteiger partial charge in [-0.05, 0) is 32.9 Å². The number of rotatable bonds is 7. The van der Waals surface area contributed by atoms with Gasteiger partial charge >= 0.3 is 0 Å². The van der Waals surface area contributed by atoms with Crippen molar-refractivity contribution in [2.24, 2.45) is 0 Å². The number of anilines is 1. The van der Waals surface area contributed by atoms with E-state index in [4.69, 9.17) is 4.98 Å². The molecule has 1 aromatic rings. The summed E-state index contributed by atoms with van der Waals surface area (Å²) >= 11 is 1.89. The smallest absolute Gasteiger partial charge is 0.185 e. The van der Waals surface area contributed by atoms with Crippen molar-refractivity contribution in [2.75, 3.05) is 37.6 Å². The van der Waals surface area contributed by atoms with E-state index < -0.39 is 0 Å². The van der Waals surface area contributed by atoms with E-state index >= 15 is 0 Å². The van der Waals surface area contributed by atoms with Gasteiger partial charge in [-0.25, -0.2) is 4.98 Å². The molecule has 1 unspecified atom stereocenters. The van der Waals surface area contributed by atoms with Crippen molar-refractivity contribution in [2.45, 2.75) is 53.1 Å². The van der Waals surface area contributed by atoms with Crippen LogP contribution in [0.15, 0.2) is 0 Å². The number of aromatic nitrogens is 1. The van der Waals surface area contributed by atoms with Gasteiger partial charge in [0.2, 0.25) is 0 Å². The Morgan fingerprint density at radius 1 is 1.29 bits per heavy atom. The normalized spacial score (nSPS) is 20.2. The Bertz CT molecular complexity index is 432. The zero-order chi connectivity index (χ0) is 15.2. The minimum atomic E-state index is 0.624. The molecule has 1 saturated heterocycles. The van der Waals surface area contributed by atoms with Gasteiger partial charge in [0.25, 0.3) is 0 Å². The van der Waals surface area contributed by atoms with Gasteiger partial charge in [-0.15, -0.1) is 11.3 Å². The predicted molar refractivity (Wildman–Crippen MR) is 92.4 cm³/mol. The molecule has 5 heteroatoms. The quantitative estimate of drug-likeness (QED) is 0.785. The summed E-state index contributed by atoms with van der Waals surface area (Å²) in [6.45, 7) is 15.6. The molecule has 4 nitrogen and oxygen atoms in total. The van der Waals surface area contributed by atoms with Crippen molar-refractivity contribution in [1.82, 2.24) is 15.2 Å². The second-order valence-corrected chi connectivity index (χ2v) is 6.88. The third kappa shape index (κ3) is 4.18. The van der Waals surface area contributed by atoms with Crippen LogP contribution >= 0.6 is 11.3 Å². The molecular weight excluding hydrogens is 280 g/mol. The molecule has 1 N–H and O–H groups in total. The summed E-state index contributed by atoms with van der Waals surface area (Å²) < 4.78 is 0. The van der Waals surface area contributed by atoms with Gasteiger partial charge < -0.3 is 10.2 Å². The first-order chi connectivity index (χ1) is 10.2. The van der Waals surface area contributed by atoms with Gasteiger partial charge in [0.05, 0.1) is 5.69 Å². The number of piperazine rings is 1. The average molecular weight is 311 g/mol. The topological polar surface area (TPSA) is 31.4 Å². The second kappa shape index (κ2) is 8.11. The van der Waals surface area contributed by atoms with Crippen molar-refractivity contribution in [3.05, 3.63) is 10.6 Å². The van der Waals surface area contributed by atoms with E-state index in [-0.39, 0.29) is 0 Å². The zero-order valence-corrected chi connectivity index (χ0v) is 14.8. The summed E-state index contributed by atoms with van der Waals surface area (Å²) in [5.74, 6) is 0. The zero-order valence-electron chi connectivity index (χ0n) is 14.0. The Labute approximate surface area is 133 Å². The standard InChI is InChI=1S/C16H30N4S/c1-5-8-17-11-15-14(6-2)18-16(21-15)20-10-9-19(7-3)13(4)12-20/h13,17H,5-12H2,1-4H3. The lowest BCUT2D eigenvalue weighted by Gasteiger charge is -2.39. The van der Waals surface area contributed by atoms with Crippen LogP contribution in [0.5, 0.6) is 0 Å². The lowest BCUT2D eigenvalue weighted by atomic mass is 10.2. The molecule has 0 amide bonds. The summed E-state index contributed by atoms with van der Waals surface area (Å²) in [5.41, 5.74) is 1.28. The number of hydrogen-bond donors (Lipinski definition) is 1. The largest absolute Gasteiger partial charge is 0.345 e. The molecule has 2 rings (SSSR count). The van der Waals surface area contributed by atoms with Crippen molar-refractivity contribution in [3.8, 4) is 0 Å². The van der Waals surface area contributed by atoms with Crippen molar-refractivity contribution in [3.63, 3.8) is 0 Å². The van der Waals surface area contributed by atoms with Crippen molar-refractivity contribution in [1.29, 1.82) is 0 Å². The Morgan fingerprint density at radius 3 is 2.71 bits per heavy atom. The molecular formula is C16H30N4S. The fraction of sp³-hybridized carbons (Fsp3) is 0.812. The van der Waals surface area contributed by atoms with Crippen molar-refractivity contribution < 1.29 is 0 Å². The molecule has 0 spiro atoms. The van der Waals surface area contributed by atoms with Gasteiger partial charge in [-0.1, -0.05) is 20.8 Å². The number of likely N-dealkylation sites (N-methyl/N-ethyl adjacent to an activating group) is 1. The number of nitrogens with zero attached hydrogens (tertiary/aromatic N) is 3. The van der Waals surface area contributed by atoms with E-state index in [2.05, 4.69) is 42.8 Å². The Balaban J connectivity index is 2.03. The van der Waals surface area contributed by atoms with Gasteiger partial charge in [0, 0.05) is 37.1 Å². The SMILES string of the molecule is CCCNCc1sc(N2CCN(CC)C(C)C2)nc1CC. The molecule has 1 aromatic heterocycles. The molecule has 1 aliphatic heterocycles. The Morgan fingerprint density at radius 2 is 2.10 bits per heavy atom. The fourth-order valence-electron chi connectivity index (χ4n) is 2.94. The maximum Gasteiger partial charge on any atom is 0.185 e. The maximum absolute atomic E-state index is 4.90. The lowest BCUT2D eigenvalue weighted by molar-refractivity contribution is 0.199. The molecule has 0 aromatic carbocycles. The van der Waals surface area contributed by atoms with Crippen LogP contribution in [0.25, 0.3) is 0 Å². The van der Waals surface area contributed by atoms with Crippen LogP contribution in [-0.2, 0) is 13.0 Å². The molecule has 1 atom stereocenters. The minimum absolute atomic E-state index is 0.624. The van der Waals surface area contributed by atoms with Crippen LogP contribution in [0, 0.1) is 0 Å². The van der Waals surface area contributed by atoms with Gasteiger partial charge in [-0.3, -0.25) is 4.90 Å². The minimum Gasteiger partial charge on any atom is -0.345 e. The Hall–Kier alpha value is -0.650. The van der Waals surface area contributed by atoms with Gasteiger partial charge in [0.1, 0.15) is 0 Å². The van der Waals surface area contributed by atoms with Crippen molar-refractivity contribution >= 4 is 16.5 Å². The van der Waals surface area contributed by atoms with E-state index in [0.717, 1.165) is 45.7 Å². The fourth-order valence-corrected chi connectivity index (χ4v) is 4.09. The van der Waals surface area contributed by atoms with Crippen LogP contribution in [-0.4, -0.2) is 48.6 Å². The highest BCUT2D eigenvalue weighted by atomic mass is 32.1. The number of hydrogen-bond acceptors (Lipinski definition) is 5. The summed E-state index contributed by atoms with van der Waals surface area (Å²) in [6.07, 6.45) is 2.22. The monoisotopic (exact) mass is 310 g/mol. The molecule has 0 radical (unpaired) electrons. The molecule has 0 bridgehead atoms. The first-order valence-electron chi connectivity index (χ1n) is 8.37. The molecule has 0 aliphatic carbocycles. The Kier molecular flexibility index (Phi) is 6.45. The van der Waals surface area contributed by atoms with E-state index in [1.54, 1.807) is 0 Å². The van der Waals surface area contributed by atoms with Crippen LogP contribution in [0.3, 0.4) is 0 Å². The van der Waals surface area contributed by atoms with E-state index in [1.807, 2.05) is 11.3 Å². The summed E-state index contributed by atoms with van der Waals surface area (Å²) in [4.78, 5) is 11.4. The van der Waals surface area contributed by atoms with E-state index in [9.17, 15) is 0 Å². The third-order valence-corrected chi connectivity index (χ3v) is 5.41. The van der Waals surface area contributed by atoms with Gasteiger partial charge in [-0.2, -0.15) is 0 Å². The van der Waals surface area contributed by atoms with Crippen LogP contribution in [0.4, 0.5) is 5.13 Å². The summed E-state index contributed by atoms with van der Waals surface area (Å²) in [5, 5.41) is 4.74. The molecule has 2 heterocycles. The average Bonchev–Trinajstić information content (AvgIpc) is 2.90. The van der Waals surface area contributed by atoms with Crippen LogP contribution in [0.1, 0.15) is 44.7 Å². The molecule has 1 aliphatic rings. The second-order valence-electron chi connectivity index (χ2n) is 5.82. The lowest BCUT2D eigenvalue weighted by Crippen LogP contribution is -2.51. The number of aryl methyl sites for hydroxylation is 1. The summed E-state index contributed by atoms with van der Waals surface area (Å²) in [7, 11) is 0. The predicted octanol–water partition coefficient (Wildman–Crippen LogP) is 2.74. The number of nitrogens with one attached hydrogen (secondary N) is 1. The maximum atomic E-state index is 4.90. The highest BCUT2D eigenvalue weighted by molar-refractivity contribution is 7.15. The summed E-state index contributed by atoms with van der Waals surface area (Å²) in [6, 6.07) is 0.624. The van der Waals surface area contributed by atoms with Crippen LogP contribution in [0.2, 0.25) is 0 Å². The van der Waals surface area contributed by atoms with E-state index in [0.29, 0.717) is 6.04 Å². The van der Waals surface area contributed by atoms with E-state index in [1.165, 1.54) is 22.1 Å². The molecule has 1 fully saturated rings. The third-order valence-electron chi connectivity index (χ3n) is 4.26. The first kappa shape index (κ1) is 16.7. The highest BCUT2D eigenvalue weighted by Crippen LogP contribution is 2.28. The first-order valence-corrected chi connectivity index (χ1v) is 9.19. The number of thiazole rings is 1. The molecule has 120 valence electrons.